The first-order chi connectivity index (χ1) is 6.70. The van der Waals surface area contributed by atoms with Gasteiger partial charge >= 0.3 is 0 Å². The molecule has 14 heavy (non-hydrogen) atoms. The average Bonchev–Trinajstić information content (AvgIpc) is 2.17. The van der Waals surface area contributed by atoms with Crippen molar-refractivity contribution in [3.05, 3.63) is 40.5 Å². The second kappa shape index (κ2) is 3.56. The van der Waals surface area contributed by atoms with E-state index < -0.39 is 0 Å². The molecule has 0 aliphatic rings. The lowest BCUT2D eigenvalue weighted by molar-refractivity contribution is 1.07. The van der Waals surface area contributed by atoms with Gasteiger partial charge in [0.1, 0.15) is 0 Å². The molecule has 0 spiro atoms. The Hall–Kier alpha value is -1.12. The summed E-state index contributed by atoms with van der Waals surface area (Å²) in [5.41, 5.74) is 8.49. The van der Waals surface area contributed by atoms with E-state index in [1.807, 2.05) is 31.2 Å². The van der Waals surface area contributed by atoms with Crippen molar-refractivity contribution < 1.29 is 0 Å². The van der Waals surface area contributed by atoms with Gasteiger partial charge in [0.2, 0.25) is 0 Å². The highest BCUT2D eigenvalue weighted by Gasteiger charge is 2.02. The first-order valence-electron chi connectivity index (χ1n) is 4.46. The molecule has 0 saturated carbocycles. The topological polar surface area (TPSA) is 38.9 Å². The molecule has 2 nitrogen and oxygen atoms in total. The summed E-state index contributed by atoms with van der Waals surface area (Å²) in [7, 11) is 0. The summed E-state index contributed by atoms with van der Waals surface area (Å²) in [5.74, 6) is 0. The zero-order valence-corrected chi connectivity index (χ0v) is 8.67. The van der Waals surface area contributed by atoms with E-state index in [4.69, 9.17) is 17.3 Å². The van der Waals surface area contributed by atoms with Crippen LogP contribution in [0.3, 0.4) is 0 Å². The third kappa shape index (κ3) is 1.59. The first kappa shape index (κ1) is 9.44. The van der Waals surface area contributed by atoms with Crippen molar-refractivity contribution >= 4 is 22.5 Å². The third-order valence-corrected chi connectivity index (χ3v) is 2.50. The molecule has 2 N–H and O–H groups in total. The van der Waals surface area contributed by atoms with E-state index >= 15 is 0 Å². The molecule has 0 saturated heterocycles. The molecule has 1 aromatic carbocycles. The molecular formula is C11H11ClN2. The zero-order chi connectivity index (χ0) is 10.1. The Morgan fingerprint density at radius 1 is 1.36 bits per heavy atom. The van der Waals surface area contributed by atoms with Crippen LogP contribution >= 0.6 is 11.6 Å². The van der Waals surface area contributed by atoms with Crippen molar-refractivity contribution in [3.63, 3.8) is 0 Å². The molecule has 0 fully saturated rings. The van der Waals surface area contributed by atoms with Crippen molar-refractivity contribution in [2.75, 3.05) is 0 Å². The molecule has 0 radical (unpaired) electrons. The van der Waals surface area contributed by atoms with Gasteiger partial charge in [-0.25, -0.2) is 0 Å². The monoisotopic (exact) mass is 206 g/mol. The van der Waals surface area contributed by atoms with Crippen LogP contribution in [0, 0.1) is 6.92 Å². The van der Waals surface area contributed by atoms with Crippen molar-refractivity contribution in [1.82, 2.24) is 4.98 Å². The minimum atomic E-state index is 0.528. The van der Waals surface area contributed by atoms with Crippen LogP contribution in [-0.4, -0.2) is 4.98 Å². The van der Waals surface area contributed by atoms with E-state index in [9.17, 15) is 0 Å². The van der Waals surface area contributed by atoms with Gasteiger partial charge in [-0.05, 0) is 30.7 Å². The minimum absolute atomic E-state index is 0.528. The van der Waals surface area contributed by atoms with Crippen LogP contribution in [0.25, 0.3) is 10.9 Å². The lowest BCUT2D eigenvalue weighted by atomic mass is 10.1. The molecule has 0 atom stereocenters. The highest BCUT2D eigenvalue weighted by Crippen LogP contribution is 2.23. The van der Waals surface area contributed by atoms with Gasteiger partial charge in [0.25, 0.3) is 0 Å². The molecule has 1 heterocycles. The number of fused-ring (bicyclic) bond motifs is 1. The number of nitrogens with zero attached hydrogens (tertiary/aromatic N) is 1. The molecule has 0 bridgehead atoms. The van der Waals surface area contributed by atoms with Crippen molar-refractivity contribution in [2.45, 2.75) is 13.5 Å². The lowest BCUT2D eigenvalue weighted by Gasteiger charge is -2.03. The zero-order valence-electron chi connectivity index (χ0n) is 7.92. The lowest BCUT2D eigenvalue weighted by Crippen LogP contribution is -1.96. The van der Waals surface area contributed by atoms with E-state index in [2.05, 4.69) is 4.98 Å². The van der Waals surface area contributed by atoms with Crippen LogP contribution in [0.2, 0.25) is 5.02 Å². The van der Waals surface area contributed by atoms with Gasteiger partial charge < -0.3 is 5.73 Å². The maximum Gasteiger partial charge on any atom is 0.0720 e. The Morgan fingerprint density at radius 3 is 2.86 bits per heavy atom. The fourth-order valence-corrected chi connectivity index (χ4v) is 1.79. The number of hydrogen-bond donors (Lipinski definition) is 1. The molecule has 0 aliphatic carbocycles. The van der Waals surface area contributed by atoms with Gasteiger partial charge in [-0.1, -0.05) is 17.7 Å². The number of nitrogens with two attached hydrogens (primary N) is 1. The van der Waals surface area contributed by atoms with Gasteiger partial charge in [0.15, 0.2) is 0 Å². The summed E-state index contributed by atoms with van der Waals surface area (Å²) in [5, 5.41) is 1.71. The maximum atomic E-state index is 6.11. The summed E-state index contributed by atoms with van der Waals surface area (Å²) >= 11 is 6.11. The van der Waals surface area contributed by atoms with Crippen LogP contribution in [0.5, 0.6) is 0 Å². The molecule has 3 heteroatoms. The van der Waals surface area contributed by atoms with Gasteiger partial charge in [-0.2, -0.15) is 0 Å². The van der Waals surface area contributed by atoms with Gasteiger partial charge in [0.05, 0.1) is 10.5 Å². The standard InChI is InChI=1S/C11H11ClN2/c1-7-4-10(12)9-5-8(6-13)2-3-11(9)14-7/h2-5H,6,13H2,1H3. The Bertz CT molecular complexity index is 480. The molecule has 2 aromatic rings. The fourth-order valence-electron chi connectivity index (χ4n) is 1.48. The van der Waals surface area contributed by atoms with E-state index in [1.165, 1.54) is 0 Å². The Kier molecular flexibility index (Phi) is 2.40. The SMILES string of the molecule is Cc1cc(Cl)c2cc(CN)ccc2n1. The molecule has 2 rings (SSSR count). The molecule has 1 aromatic heterocycles. The molecule has 0 amide bonds. The molecule has 0 unspecified atom stereocenters. The number of benzene rings is 1. The maximum absolute atomic E-state index is 6.11. The van der Waals surface area contributed by atoms with E-state index in [1.54, 1.807) is 0 Å². The Morgan fingerprint density at radius 2 is 2.14 bits per heavy atom. The number of aryl methyl sites for hydroxylation is 1. The number of aromatic nitrogens is 1. The van der Waals surface area contributed by atoms with E-state index in [0.29, 0.717) is 6.54 Å². The van der Waals surface area contributed by atoms with E-state index in [0.717, 1.165) is 27.2 Å². The summed E-state index contributed by atoms with van der Waals surface area (Å²) in [6, 6.07) is 7.79. The minimum Gasteiger partial charge on any atom is -0.326 e. The summed E-state index contributed by atoms with van der Waals surface area (Å²) in [4.78, 5) is 4.39. The predicted octanol–water partition coefficient (Wildman–Crippen LogP) is 2.66. The number of hydrogen-bond acceptors (Lipinski definition) is 2. The highest BCUT2D eigenvalue weighted by molar-refractivity contribution is 6.35. The smallest absolute Gasteiger partial charge is 0.0720 e. The van der Waals surface area contributed by atoms with Gasteiger partial charge in [0, 0.05) is 17.6 Å². The Labute approximate surface area is 87.7 Å². The van der Waals surface area contributed by atoms with Crippen LogP contribution in [0.15, 0.2) is 24.3 Å². The van der Waals surface area contributed by atoms with Gasteiger partial charge in [-0.15, -0.1) is 0 Å². The second-order valence-electron chi connectivity index (χ2n) is 3.30. The average molecular weight is 207 g/mol. The van der Waals surface area contributed by atoms with Gasteiger partial charge in [-0.3, -0.25) is 4.98 Å². The van der Waals surface area contributed by atoms with E-state index in [-0.39, 0.29) is 0 Å². The van der Waals surface area contributed by atoms with Crippen molar-refractivity contribution in [1.29, 1.82) is 0 Å². The summed E-state index contributed by atoms with van der Waals surface area (Å²) < 4.78 is 0. The third-order valence-electron chi connectivity index (χ3n) is 2.19. The van der Waals surface area contributed by atoms with Crippen LogP contribution < -0.4 is 5.73 Å². The Balaban J connectivity index is 2.75. The molecule has 0 aliphatic heterocycles. The highest BCUT2D eigenvalue weighted by atomic mass is 35.5. The second-order valence-corrected chi connectivity index (χ2v) is 3.71. The van der Waals surface area contributed by atoms with Crippen molar-refractivity contribution in [2.24, 2.45) is 5.73 Å². The normalized spacial score (nSPS) is 10.8. The van der Waals surface area contributed by atoms with Crippen LogP contribution in [-0.2, 0) is 6.54 Å². The summed E-state index contributed by atoms with van der Waals surface area (Å²) in [6.07, 6.45) is 0. The van der Waals surface area contributed by atoms with Crippen molar-refractivity contribution in [3.8, 4) is 0 Å². The predicted molar refractivity (Wildman–Crippen MR) is 59.4 cm³/mol. The summed E-state index contributed by atoms with van der Waals surface area (Å²) in [6.45, 7) is 2.46. The molecule has 72 valence electrons. The number of halogens is 1. The first-order valence-corrected chi connectivity index (χ1v) is 4.84. The molecular weight excluding hydrogens is 196 g/mol. The fraction of sp³-hybridized carbons (Fsp3) is 0.182. The number of pyridine rings is 1. The quantitative estimate of drug-likeness (QED) is 0.779. The number of rotatable bonds is 1. The van der Waals surface area contributed by atoms with Crippen LogP contribution in [0.1, 0.15) is 11.3 Å². The van der Waals surface area contributed by atoms with Crippen LogP contribution in [0.4, 0.5) is 0 Å². The largest absolute Gasteiger partial charge is 0.326 e.